The lowest BCUT2D eigenvalue weighted by molar-refractivity contribution is 0.268. The number of alkyl halides is 5. The third kappa shape index (κ3) is 2.70. The van der Waals surface area contributed by atoms with Gasteiger partial charge in [-0.1, -0.05) is 53.3 Å². The summed E-state index contributed by atoms with van der Waals surface area (Å²) in [6.07, 6.45) is 0.510. The van der Waals surface area contributed by atoms with Crippen LogP contribution in [-0.2, 0) is 0 Å². The zero-order valence-corrected chi connectivity index (χ0v) is 10.1. The molecule has 0 saturated carbocycles. The van der Waals surface area contributed by atoms with Crippen LogP contribution in [0.25, 0.3) is 0 Å². The Balaban J connectivity index is 4.58. The highest BCUT2D eigenvalue weighted by Gasteiger charge is 2.51. The topological polar surface area (TPSA) is 20.2 Å². The predicted octanol–water partition coefficient (Wildman–Crippen LogP) is 3.34. The zero-order chi connectivity index (χ0) is 9.99. The van der Waals surface area contributed by atoms with E-state index in [0.717, 1.165) is 0 Å². The third-order valence-corrected chi connectivity index (χ3v) is 4.69. The normalized spacial score (nSPS) is 16.2. The van der Waals surface area contributed by atoms with Crippen LogP contribution in [-0.4, -0.2) is 25.8 Å². The van der Waals surface area contributed by atoms with Gasteiger partial charge in [-0.2, -0.15) is 0 Å². The molecule has 0 amide bonds. The van der Waals surface area contributed by atoms with Crippen LogP contribution in [0.4, 0.5) is 0 Å². The molecule has 0 heterocycles. The van der Waals surface area contributed by atoms with Crippen LogP contribution in [0.15, 0.2) is 0 Å². The summed E-state index contributed by atoms with van der Waals surface area (Å²) >= 11 is 28.7. The van der Waals surface area contributed by atoms with Crippen molar-refractivity contribution in [1.29, 1.82) is 0 Å². The van der Waals surface area contributed by atoms with Gasteiger partial charge in [0.15, 0.2) is 8.67 Å². The molecule has 0 aromatic carbocycles. The van der Waals surface area contributed by atoms with Crippen molar-refractivity contribution in [3.63, 3.8) is 0 Å². The van der Waals surface area contributed by atoms with Gasteiger partial charge >= 0.3 is 0 Å². The lowest BCUT2D eigenvalue weighted by Gasteiger charge is -2.34. The number of aliphatic hydroxyl groups is 1. The van der Waals surface area contributed by atoms with Crippen molar-refractivity contribution >= 4 is 58.0 Å². The molecule has 1 unspecified atom stereocenters. The Kier molecular flexibility index (Phi) is 5.33. The third-order valence-electron chi connectivity index (χ3n) is 1.44. The molecule has 0 aromatic rings. The molecule has 1 nitrogen and oxygen atoms in total. The van der Waals surface area contributed by atoms with Crippen LogP contribution in [0.1, 0.15) is 13.3 Å². The van der Waals surface area contributed by atoms with E-state index in [1.165, 1.54) is 0 Å². The maximum absolute atomic E-state index is 8.78. The first-order valence-corrected chi connectivity index (χ1v) is 5.25. The summed E-state index contributed by atoms with van der Waals surface area (Å²) in [5.41, 5.74) is 0. The number of hydrogen-bond acceptors (Lipinski definition) is 1. The summed E-state index contributed by atoms with van der Waals surface area (Å²) in [6.45, 7) is 1.24. The van der Waals surface area contributed by atoms with Crippen molar-refractivity contribution in [1.82, 2.24) is 0 Å². The predicted molar refractivity (Wildman–Crippen MR) is 55.9 cm³/mol. The molecule has 74 valence electrons. The number of aliphatic hydroxyl groups excluding tert-OH is 1. The molecule has 12 heavy (non-hydrogen) atoms. The van der Waals surface area contributed by atoms with E-state index < -0.39 is 20.7 Å². The molecule has 0 saturated heterocycles. The minimum atomic E-state index is -1.64. The summed E-state index contributed by atoms with van der Waals surface area (Å²) in [7, 11) is 0. The lowest BCUT2D eigenvalue weighted by atomic mass is 10.2. The van der Waals surface area contributed by atoms with E-state index in [2.05, 4.69) is 0 Å². The molecule has 0 aliphatic rings. The van der Waals surface area contributed by atoms with Gasteiger partial charge in [0, 0.05) is 0 Å². The minimum absolute atomic E-state index is 0.510. The van der Waals surface area contributed by atoms with E-state index in [-0.39, 0.29) is 0 Å². The van der Waals surface area contributed by atoms with Gasteiger partial charge in [0.25, 0.3) is 0 Å². The summed E-state index contributed by atoms with van der Waals surface area (Å²) in [5, 5.41) is 8.17. The van der Waals surface area contributed by atoms with Crippen molar-refractivity contribution in [3.05, 3.63) is 0 Å². The Hall–Kier alpha value is 1.41. The molecule has 1 N–H and O–H groups in total. The number of halogens is 5. The van der Waals surface area contributed by atoms with Crippen molar-refractivity contribution in [3.8, 4) is 0 Å². The van der Waals surface area contributed by atoms with E-state index in [0.29, 0.717) is 6.42 Å². The summed E-state index contributed by atoms with van der Waals surface area (Å²) in [6, 6.07) is 0. The Morgan fingerprint density at radius 1 is 1.25 bits per heavy atom. The van der Waals surface area contributed by atoms with Gasteiger partial charge in [0.2, 0.25) is 0 Å². The summed E-state index contributed by atoms with van der Waals surface area (Å²) in [4.78, 5) is 0. The molecule has 6 heteroatoms. The van der Waals surface area contributed by atoms with Crippen LogP contribution in [0.2, 0.25) is 0 Å². The fourth-order valence-corrected chi connectivity index (χ4v) is 1.58. The van der Waals surface area contributed by atoms with Gasteiger partial charge in [-0.3, -0.25) is 0 Å². The van der Waals surface area contributed by atoms with Gasteiger partial charge in [-0.05, 0) is 6.42 Å². The number of rotatable bonds is 4. The Morgan fingerprint density at radius 3 is 1.92 bits per heavy atom. The van der Waals surface area contributed by atoms with Gasteiger partial charge < -0.3 is 5.11 Å². The summed E-state index contributed by atoms with van der Waals surface area (Å²) < 4.78 is -3.19. The second kappa shape index (κ2) is 4.77. The monoisotopic (exact) mass is 272 g/mol. The van der Waals surface area contributed by atoms with E-state index in [1.54, 1.807) is 6.92 Å². The van der Waals surface area contributed by atoms with Crippen LogP contribution in [0.3, 0.4) is 0 Å². The Morgan fingerprint density at radius 2 is 1.67 bits per heavy atom. The van der Waals surface area contributed by atoms with Crippen LogP contribution in [0, 0.1) is 0 Å². The van der Waals surface area contributed by atoms with Gasteiger partial charge in [0.1, 0.15) is 0 Å². The molecule has 0 aliphatic heterocycles. The van der Waals surface area contributed by atoms with Crippen LogP contribution >= 0.6 is 58.0 Å². The lowest BCUT2D eigenvalue weighted by Crippen LogP contribution is -2.46. The first kappa shape index (κ1) is 13.4. The van der Waals surface area contributed by atoms with Gasteiger partial charge in [-0.25, -0.2) is 0 Å². The van der Waals surface area contributed by atoms with Crippen LogP contribution < -0.4 is 0 Å². The largest absolute Gasteiger partial charge is 0.393 e. The zero-order valence-electron chi connectivity index (χ0n) is 6.33. The van der Waals surface area contributed by atoms with Gasteiger partial charge in [-0.15, -0.1) is 11.6 Å². The molecule has 0 spiro atoms. The molecule has 0 bridgehead atoms. The molecule has 0 fully saturated rings. The maximum Gasteiger partial charge on any atom is 0.175 e. The molecule has 0 aromatic heterocycles. The maximum atomic E-state index is 8.78. The molecule has 0 rings (SSSR count). The first-order valence-electron chi connectivity index (χ1n) is 3.30. The minimum Gasteiger partial charge on any atom is -0.393 e. The second-order valence-corrected chi connectivity index (χ2v) is 5.76. The molecular weight excluding hydrogens is 265 g/mol. The fraction of sp³-hybridized carbons (Fsp3) is 1.00. The van der Waals surface area contributed by atoms with Gasteiger partial charge in [0.05, 0.1) is 12.0 Å². The molecule has 0 aliphatic carbocycles. The van der Waals surface area contributed by atoms with E-state index in [1.807, 2.05) is 0 Å². The highest BCUT2D eigenvalue weighted by molar-refractivity contribution is 6.64. The number of hydrogen-bond donors (Lipinski definition) is 1. The van der Waals surface area contributed by atoms with Crippen molar-refractivity contribution in [2.75, 3.05) is 6.61 Å². The molecular formula is C6H9Cl5O. The second-order valence-electron chi connectivity index (χ2n) is 2.36. The fourth-order valence-electron chi connectivity index (χ4n) is 0.591. The van der Waals surface area contributed by atoms with Crippen LogP contribution in [0.5, 0.6) is 0 Å². The Bertz CT molecular complexity index is 147. The van der Waals surface area contributed by atoms with E-state index in [9.17, 15) is 0 Å². The van der Waals surface area contributed by atoms with Crippen molar-refractivity contribution < 1.29 is 5.11 Å². The summed E-state index contributed by atoms with van der Waals surface area (Å²) in [5.74, 6) is 0. The quantitative estimate of drug-likeness (QED) is 0.780. The van der Waals surface area contributed by atoms with E-state index in [4.69, 9.17) is 63.1 Å². The SMILES string of the molecule is CCC(Cl)C(Cl)(Cl)C(Cl)(Cl)CO. The van der Waals surface area contributed by atoms with E-state index >= 15 is 0 Å². The van der Waals surface area contributed by atoms with Crippen molar-refractivity contribution in [2.24, 2.45) is 0 Å². The Labute approximate surface area is 96.9 Å². The van der Waals surface area contributed by atoms with Crippen molar-refractivity contribution in [2.45, 2.75) is 27.4 Å². The smallest absolute Gasteiger partial charge is 0.175 e. The average molecular weight is 274 g/mol. The molecule has 1 atom stereocenters. The first-order chi connectivity index (χ1) is 5.29. The highest BCUT2D eigenvalue weighted by atomic mass is 35.5. The highest BCUT2D eigenvalue weighted by Crippen LogP contribution is 2.47. The standard InChI is InChI=1S/C6H9Cl5O/c1-2-4(7)6(10,11)5(8,9)3-12/h4,12H,2-3H2,1H3. The molecule has 0 radical (unpaired) electrons. The average Bonchev–Trinajstić information content (AvgIpc) is 2.02.